The fourth-order valence-electron chi connectivity index (χ4n) is 3.90. The van der Waals surface area contributed by atoms with Gasteiger partial charge in [-0.3, -0.25) is 4.79 Å². The van der Waals surface area contributed by atoms with E-state index in [0.29, 0.717) is 6.04 Å². The van der Waals surface area contributed by atoms with Crippen molar-refractivity contribution in [3.63, 3.8) is 0 Å². The van der Waals surface area contributed by atoms with Crippen LogP contribution in [0.5, 0.6) is 0 Å². The molecule has 2 saturated carbocycles. The third-order valence-electron chi connectivity index (χ3n) is 5.28. The van der Waals surface area contributed by atoms with Gasteiger partial charge in [0.05, 0.1) is 5.54 Å². The highest BCUT2D eigenvalue weighted by Gasteiger charge is 2.37. The van der Waals surface area contributed by atoms with Crippen molar-refractivity contribution >= 4 is 5.91 Å². The highest BCUT2D eigenvalue weighted by atomic mass is 16.2. The predicted molar refractivity (Wildman–Crippen MR) is 82.4 cm³/mol. The van der Waals surface area contributed by atoms with Gasteiger partial charge in [0.1, 0.15) is 0 Å². The van der Waals surface area contributed by atoms with Gasteiger partial charge in [-0.05, 0) is 45.7 Å². The summed E-state index contributed by atoms with van der Waals surface area (Å²) in [6, 6.07) is 0.448. The number of hydrogen-bond acceptors (Lipinski definition) is 3. The molecule has 0 saturated heterocycles. The molecule has 2 aliphatic rings. The predicted octanol–water partition coefficient (Wildman–Crippen LogP) is 1.88. The molecule has 1 amide bonds. The van der Waals surface area contributed by atoms with Crippen molar-refractivity contribution in [2.75, 3.05) is 20.6 Å². The monoisotopic (exact) mass is 281 g/mol. The number of likely N-dealkylation sites (N-methyl/N-ethyl adjacent to an activating group) is 1. The lowest BCUT2D eigenvalue weighted by Gasteiger charge is -2.35. The summed E-state index contributed by atoms with van der Waals surface area (Å²) >= 11 is 0. The molecule has 3 N–H and O–H groups in total. The molecule has 0 aromatic rings. The Morgan fingerprint density at radius 2 is 1.80 bits per heavy atom. The fourth-order valence-corrected chi connectivity index (χ4v) is 3.90. The Morgan fingerprint density at radius 1 is 1.20 bits per heavy atom. The second-order valence-electron chi connectivity index (χ2n) is 7.00. The summed E-state index contributed by atoms with van der Waals surface area (Å²) in [5.74, 6) is 0.786. The summed E-state index contributed by atoms with van der Waals surface area (Å²) in [4.78, 5) is 14.6. The summed E-state index contributed by atoms with van der Waals surface area (Å²) in [6.07, 6.45) is 10.5. The Hall–Kier alpha value is -0.610. The first-order valence-corrected chi connectivity index (χ1v) is 8.26. The molecule has 0 radical (unpaired) electrons. The van der Waals surface area contributed by atoms with Crippen LogP contribution in [-0.4, -0.2) is 43.0 Å². The van der Waals surface area contributed by atoms with Crippen LogP contribution in [0.4, 0.5) is 0 Å². The summed E-state index contributed by atoms with van der Waals surface area (Å²) in [7, 11) is 4.25. The van der Waals surface area contributed by atoms with Crippen LogP contribution in [-0.2, 0) is 4.79 Å². The van der Waals surface area contributed by atoms with E-state index < -0.39 is 5.54 Å². The molecule has 2 fully saturated rings. The third-order valence-corrected chi connectivity index (χ3v) is 5.28. The highest BCUT2D eigenvalue weighted by molar-refractivity contribution is 5.86. The van der Waals surface area contributed by atoms with E-state index in [2.05, 4.69) is 24.3 Å². The number of nitrogens with one attached hydrogen (secondary N) is 1. The van der Waals surface area contributed by atoms with Crippen molar-refractivity contribution in [2.45, 2.75) is 69.4 Å². The lowest BCUT2D eigenvalue weighted by molar-refractivity contribution is -0.126. The van der Waals surface area contributed by atoms with E-state index >= 15 is 0 Å². The maximum Gasteiger partial charge on any atom is 0.240 e. The van der Waals surface area contributed by atoms with Crippen molar-refractivity contribution in [2.24, 2.45) is 11.7 Å². The average molecular weight is 281 g/mol. The molecule has 4 heteroatoms. The van der Waals surface area contributed by atoms with Crippen molar-refractivity contribution in [1.82, 2.24) is 10.2 Å². The van der Waals surface area contributed by atoms with Crippen LogP contribution >= 0.6 is 0 Å². The van der Waals surface area contributed by atoms with Crippen LogP contribution in [0.25, 0.3) is 0 Å². The summed E-state index contributed by atoms with van der Waals surface area (Å²) in [5.41, 5.74) is 5.62. The molecular weight excluding hydrogens is 250 g/mol. The maximum absolute atomic E-state index is 12.3. The summed E-state index contributed by atoms with van der Waals surface area (Å²) < 4.78 is 0. The van der Waals surface area contributed by atoms with Gasteiger partial charge < -0.3 is 16.0 Å². The molecule has 0 heterocycles. The quantitative estimate of drug-likeness (QED) is 0.809. The van der Waals surface area contributed by atoms with Crippen molar-refractivity contribution < 1.29 is 4.79 Å². The van der Waals surface area contributed by atoms with Crippen LogP contribution in [0.15, 0.2) is 0 Å². The fraction of sp³-hybridized carbons (Fsp3) is 0.938. The Balaban J connectivity index is 1.86. The number of carbonyl (C=O) groups is 1. The molecule has 0 bridgehead atoms. The maximum atomic E-state index is 12.3. The standard InChI is InChI=1S/C16H31N3O/c1-19(2)14(13-8-4-3-5-9-13)12-18-15(20)16(17)10-6-7-11-16/h13-14H,3-12,17H2,1-2H3,(H,18,20). The van der Waals surface area contributed by atoms with E-state index in [-0.39, 0.29) is 5.91 Å². The van der Waals surface area contributed by atoms with Crippen LogP contribution in [0.1, 0.15) is 57.8 Å². The van der Waals surface area contributed by atoms with Gasteiger partial charge >= 0.3 is 0 Å². The molecule has 0 aromatic heterocycles. The topological polar surface area (TPSA) is 58.4 Å². The Kier molecular flexibility index (Phi) is 5.44. The van der Waals surface area contributed by atoms with Crippen molar-refractivity contribution in [3.05, 3.63) is 0 Å². The van der Waals surface area contributed by atoms with Crippen LogP contribution in [0, 0.1) is 5.92 Å². The largest absolute Gasteiger partial charge is 0.353 e. The first-order valence-electron chi connectivity index (χ1n) is 8.26. The molecular formula is C16H31N3O. The van der Waals surface area contributed by atoms with Gasteiger partial charge in [0.15, 0.2) is 0 Å². The van der Waals surface area contributed by atoms with Gasteiger partial charge in [0.25, 0.3) is 0 Å². The van der Waals surface area contributed by atoms with E-state index in [4.69, 9.17) is 5.73 Å². The Bertz CT molecular complexity index is 318. The zero-order valence-corrected chi connectivity index (χ0v) is 13.2. The molecule has 1 atom stereocenters. The highest BCUT2D eigenvalue weighted by Crippen LogP contribution is 2.29. The van der Waals surface area contributed by atoms with Gasteiger partial charge in [-0.25, -0.2) is 0 Å². The van der Waals surface area contributed by atoms with E-state index in [1.807, 2.05) is 0 Å². The zero-order chi connectivity index (χ0) is 14.6. The Labute approximate surface area is 123 Å². The van der Waals surface area contributed by atoms with E-state index in [1.165, 1.54) is 32.1 Å². The molecule has 4 nitrogen and oxygen atoms in total. The van der Waals surface area contributed by atoms with Crippen LogP contribution in [0.2, 0.25) is 0 Å². The number of hydrogen-bond donors (Lipinski definition) is 2. The number of carbonyl (C=O) groups excluding carboxylic acids is 1. The van der Waals surface area contributed by atoms with E-state index in [1.54, 1.807) is 0 Å². The number of nitrogens with zero attached hydrogens (tertiary/aromatic N) is 1. The summed E-state index contributed by atoms with van der Waals surface area (Å²) in [5, 5.41) is 3.14. The molecule has 1 unspecified atom stereocenters. The van der Waals surface area contributed by atoms with Gasteiger partial charge in [-0.1, -0.05) is 32.1 Å². The van der Waals surface area contributed by atoms with Crippen LogP contribution < -0.4 is 11.1 Å². The van der Waals surface area contributed by atoms with E-state index in [0.717, 1.165) is 38.1 Å². The average Bonchev–Trinajstić information content (AvgIpc) is 2.88. The molecule has 116 valence electrons. The lowest BCUT2D eigenvalue weighted by Crippen LogP contribution is -2.55. The number of rotatable bonds is 5. The molecule has 2 aliphatic carbocycles. The molecule has 0 aliphatic heterocycles. The zero-order valence-electron chi connectivity index (χ0n) is 13.2. The Morgan fingerprint density at radius 3 is 2.35 bits per heavy atom. The number of nitrogens with two attached hydrogens (primary N) is 1. The van der Waals surface area contributed by atoms with Crippen molar-refractivity contribution in [3.8, 4) is 0 Å². The molecule has 0 spiro atoms. The number of amides is 1. The molecule has 20 heavy (non-hydrogen) atoms. The third kappa shape index (κ3) is 3.73. The van der Waals surface area contributed by atoms with Gasteiger partial charge in [-0.15, -0.1) is 0 Å². The smallest absolute Gasteiger partial charge is 0.240 e. The van der Waals surface area contributed by atoms with Gasteiger partial charge in [0.2, 0.25) is 5.91 Å². The first kappa shape index (κ1) is 15.8. The first-order chi connectivity index (χ1) is 9.53. The second-order valence-corrected chi connectivity index (χ2v) is 7.00. The molecule has 0 aromatic carbocycles. The minimum atomic E-state index is -0.594. The normalized spacial score (nSPS) is 24.8. The summed E-state index contributed by atoms with van der Waals surface area (Å²) in [6.45, 7) is 0.745. The van der Waals surface area contributed by atoms with E-state index in [9.17, 15) is 4.79 Å². The lowest BCUT2D eigenvalue weighted by atomic mass is 9.83. The van der Waals surface area contributed by atoms with Crippen molar-refractivity contribution in [1.29, 1.82) is 0 Å². The minimum Gasteiger partial charge on any atom is -0.353 e. The minimum absolute atomic E-state index is 0.0673. The van der Waals surface area contributed by atoms with Gasteiger partial charge in [-0.2, -0.15) is 0 Å². The van der Waals surface area contributed by atoms with Gasteiger partial charge in [0, 0.05) is 12.6 Å². The van der Waals surface area contributed by atoms with Crippen LogP contribution in [0.3, 0.4) is 0 Å². The second kappa shape index (κ2) is 6.90. The molecule has 2 rings (SSSR count). The SMILES string of the molecule is CN(C)C(CNC(=O)C1(N)CCCC1)C1CCCCC1.